The van der Waals surface area contributed by atoms with Crippen molar-refractivity contribution in [1.82, 2.24) is 14.5 Å². The number of rotatable bonds is 6. The summed E-state index contributed by atoms with van der Waals surface area (Å²) in [4.78, 5) is 39.0. The number of imide groups is 1. The van der Waals surface area contributed by atoms with Gasteiger partial charge in [-0.05, 0) is 43.5 Å². The van der Waals surface area contributed by atoms with Crippen LogP contribution in [0, 0.1) is 0 Å². The average Bonchev–Trinajstić information content (AvgIpc) is 3.04. The summed E-state index contributed by atoms with van der Waals surface area (Å²) in [6, 6.07) is 14.1. The molecule has 0 spiro atoms. The number of piperidine rings is 1. The second-order valence-electron chi connectivity index (χ2n) is 8.35. The fourth-order valence-electron chi connectivity index (χ4n) is 4.14. The third-order valence-electron chi connectivity index (χ3n) is 6.00. The Kier molecular flexibility index (Phi) is 6.22. The molecule has 2 aromatic carbocycles. The normalized spacial score (nSPS) is 21.7. The molecule has 0 aromatic heterocycles. The van der Waals surface area contributed by atoms with Crippen molar-refractivity contribution in [2.75, 3.05) is 25.0 Å². The van der Waals surface area contributed by atoms with Gasteiger partial charge in [0.1, 0.15) is 12.1 Å². The number of nitrogens with one attached hydrogen (secondary N) is 2. The van der Waals surface area contributed by atoms with Crippen LogP contribution in [0.2, 0.25) is 0 Å². The Morgan fingerprint density at radius 1 is 1.03 bits per heavy atom. The van der Waals surface area contributed by atoms with Crippen molar-refractivity contribution in [3.8, 4) is 0 Å². The van der Waals surface area contributed by atoms with E-state index in [1.165, 1.54) is 16.4 Å². The average molecular weight is 471 g/mol. The van der Waals surface area contributed by atoms with Crippen LogP contribution in [-0.4, -0.2) is 55.1 Å². The van der Waals surface area contributed by atoms with Crippen molar-refractivity contribution in [3.05, 3.63) is 60.2 Å². The minimum Gasteiger partial charge on any atom is -0.324 e. The van der Waals surface area contributed by atoms with Crippen LogP contribution in [-0.2, 0) is 25.2 Å². The summed E-state index contributed by atoms with van der Waals surface area (Å²) in [5.41, 5.74) is -0.376. The van der Waals surface area contributed by atoms with Gasteiger partial charge in [-0.3, -0.25) is 14.5 Å². The number of hydrogen-bond donors (Lipinski definition) is 2. The van der Waals surface area contributed by atoms with Gasteiger partial charge in [-0.15, -0.1) is 0 Å². The predicted octanol–water partition coefficient (Wildman–Crippen LogP) is 2.27. The Morgan fingerprint density at radius 2 is 1.73 bits per heavy atom. The van der Waals surface area contributed by atoms with Crippen LogP contribution in [0.15, 0.2) is 59.5 Å². The highest BCUT2D eigenvalue weighted by molar-refractivity contribution is 7.89. The molecule has 0 unspecified atom stereocenters. The summed E-state index contributed by atoms with van der Waals surface area (Å²) in [6.07, 6.45) is 2.65. The molecule has 2 fully saturated rings. The molecule has 1 atom stereocenters. The Balaban J connectivity index is 1.46. The molecule has 33 heavy (non-hydrogen) atoms. The van der Waals surface area contributed by atoms with Crippen LogP contribution in [0.25, 0.3) is 0 Å². The highest BCUT2D eigenvalue weighted by Crippen LogP contribution is 2.28. The molecule has 2 heterocycles. The number of carbonyl (C=O) groups is 3. The maximum atomic E-state index is 13.0. The summed E-state index contributed by atoms with van der Waals surface area (Å²) in [7, 11) is -3.65. The standard InChI is InChI=1S/C23H26N4O5S/c1-23(17-9-4-2-5-10-17)21(29)27(22(30)25-23)16-20(28)24-18-11-8-12-19(15-18)33(31,32)26-13-6-3-7-14-26/h2,4-5,8-12,15H,3,6-7,13-14,16H2,1H3,(H,24,28)(H,25,30)/t23-/m0/s1. The summed E-state index contributed by atoms with van der Waals surface area (Å²) < 4.78 is 27.3. The van der Waals surface area contributed by atoms with Gasteiger partial charge in [0.15, 0.2) is 0 Å². The van der Waals surface area contributed by atoms with Gasteiger partial charge in [0.05, 0.1) is 4.90 Å². The van der Waals surface area contributed by atoms with E-state index in [4.69, 9.17) is 0 Å². The molecule has 2 aliphatic heterocycles. The van der Waals surface area contributed by atoms with Gasteiger partial charge >= 0.3 is 6.03 Å². The largest absolute Gasteiger partial charge is 0.325 e. The Hall–Kier alpha value is -3.24. The highest BCUT2D eigenvalue weighted by Gasteiger charge is 2.49. The second-order valence-corrected chi connectivity index (χ2v) is 10.3. The Bertz CT molecular complexity index is 1180. The van der Waals surface area contributed by atoms with Crippen LogP contribution < -0.4 is 10.6 Å². The lowest BCUT2D eigenvalue weighted by Gasteiger charge is -2.26. The van der Waals surface area contributed by atoms with E-state index >= 15 is 0 Å². The van der Waals surface area contributed by atoms with Crippen molar-refractivity contribution in [1.29, 1.82) is 0 Å². The zero-order valence-corrected chi connectivity index (χ0v) is 19.1. The van der Waals surface area contributed by atoms with Gasteiger partial charge in [-0.2, -0.15) is 4.31 Å². The van der Waals surface area contributed by atoms with E-state index in [0.29, 0.717) is 18.7 Å². The van der Waals surface area contributed by atoms with Crippen LogP contribution in [0.5, 0.6) is 0 Å². The molecule has 0 bridgehead atoms. The minimum atomic E-state index is -3.65. The molecule has 174 valence electrons. The predicted molar refractivity (Wildman–Crippen MR) is 122 cm³/mol. The molecule has 0 radical (unpaired) electrons. The first kappa shape index (κ1) is 22.9. The number of anilines is 1. The number of urea groups is 1. The number of nitrogens with zero attached hydrogens (tertiary/aromatic N) is 2. The van der Waals surface area contributed by atoms with E-state index in [1.54, 1.807) is 49.4 Å². The fraction of sp³-hybridized carbons (Fsp3) is 0.348. The smallest absolute Gasteiger partial charge is 0.324 e. The number of hydrogen-bond acceptors (Lipinski definition) is 5. The van der Waals surface area contributed by atoms with Crippen LogP contribution in [0.3, 0.4) is 0 Å². The number of amides is 4. The maximum absolute atomic E-state index is 13.0. The maximum Gasteiger partial charge on any atom is 0.325 e. The molecule has 9 nitrogen and oxygen atoms in total. The number of benzene rings is 2. The van der Waals surface area contributed by atoms with Crippen molar-refractivity contribution >= 4 is 33.6 Å². The van der Waals surface area contributed by atoms with Crippen molar-refractivity contribution in [2.24, 2.45) is 0 Å². The highest BCUT2D eigenvalue weighted by atomic mass is 32.2. The lowest BCUT2D eigenvalue weighted by atomic mass is 9.92. The third kappa shape index (κ3) is 4.49. The van der Waals surface area contributed by atoms with Crippen molar-refractivity contribution in [2.45, 2.75) is 36.6 Å². The Morgan fingerprint density at radius 3 is 2.42 bits per heavy atom. The Labute approximate surface area is 192 Å². The van der Waals surface area contributed by atoms with E-state index in [9.17, 15) is 22.8 Å². The lowest BCUT2D eigenvalue weighted by Crippen LogP contribution is -2.42. The number of sulfonamides is 1. The van der Waals surface area contributed by atoms with Gasteiger partial charge in [0, 0.05) is 18.8 Å². The molecule has 4 rings (SSSR count). The van der Waals surface area contributed by atoms with Gasteiger partial charge < -0.3 is 10.6 Å². The molecule has 4 amide bonds. The quantitative estimate of drug-likeness (QED) is 0.629. The van der Waals surface area contributed by atoms with E-state index in [-0.39, 0.29) is 10.6 Å². The zero-order chi connectivity index (χ0) is 23.6. The third-order valence-corrected chi connectivity index (χ3v) is 7.89. The SMILES string of the molecule is C[C@@]1(c2ccccc2)NC(=O)N(CC(=O)Nc2cccc(S(=O)(=O)N3CCCCC3)c2)C1=O. The fourth-order valence-corrected chi connectivity index (χ4v) is 5.70. The van der Waals surface area contributed by atoms with Crippen molar-refractivity contribution in [3.63, 3.8) is 0 Å². The van der Waals surface area contributed by atoms with E-state index in [0.717, 1.165) is 24.2 Å². The summed E-state index contributed by atoms with van der Waals surface area (Å²) in [6.45, 7) is 2.06. The molecular formula is C23H26N4O5S. The lowest BCUT2D eigenvalue weighted by molar-refractivity contribution is -0.133. The second kappa shape index (κ2) is 8.95. The first-order valence-electron chi connectivity index (χ1n) is 10.8. The van der Waals surface area contributed by atoms with Crippen LogP contribution in [0.4, 0.5) is 10.5 Å². The molecular weight excluding hydrogens is 444 g/mol. The molecule has 2 aliphatic rings. The van der Waals surface area contributed by atoms with E-state index < -0.39 is 40.0 Å². The molecule has 2 N–H and O–H groups in total. The minimum absolute atomic E-state index is 0.0915. The monoisotopic (exact) mass is 470 g/mol. The summed E-state index contributed by atoms with van der Waals surface area (Å²) in [5, 5.41) is 5.25. The van der Waals surface area contributed by atoms with Gasteiger partial charge in [-0.25, -0.2) is 13.2 Å². The topological polar surface area (TPSA) is 116 Å². The molecule has 2 aromatic rings. The molecule has 0 saturated carbocycles. The zero-order valence-electron chi connectivity index (χ0n) is 18.3. The number of carbonyl (C=O) groups excluding carboxylic acids is 3. The summed E-state index contributed by atoms with van der Waals surface area (Å²) in [5.74, 6) is -1.14. The first-order valence-corrected chi connectivity index (χ1v) is 12.3. The van der Waals surface area contributed by atoms with Gasteiger partial charge in [0.2, 0.25) is 15.9 Å². The van der Waals surface area contributed by atoms with E-state index in [1.807, 2.05) is 0 Å². The van der Waals surface area contributed by atoms with Gasteiger partial charge in [-0.1, -0.05) is 42.8 Å². The van der Waals surface area contributed by atoms with E-state index in [2.05, 4.69) is 10.6 Å². The van der Waals surface area contributed by atoms with Crippen molar-refractivity contribution < 1.29 is 22.8 Å². The molecule has 0 aliphatic carbocycles. The first-order chi connectivity index (χ1) is 15.7. The van der Waals surface area contributed by atoms with Crippen LogP contribution >= 0.6 is 0 Å². The molecule has 2 saturated heterocycles. The summed E-state index contributed by atoms with van der Waals surface area (Å²) >= 11 is 0. The molecule has 10 heteroatoms. The van der Waals surface area contributed by atoms with Gasteiger partial charge in [0.25, 0.3) is 5.91 Å². The van der Waals surface area contributed by atoms with Crippen LogP contribution in [0.1, 0.15) is 31.7 Å².